The molecule has 0 unspecified atom stereocenters. The number of anilines is 1. The summed E-state index contributed by atoms with van der Waals surface area (Å²) in [7, 11) is 0. The highest BCUT2D eigenvalue weighted by atomic mass is 32.2. The van der Waals surface area contributed by atoms with Crippen LogP contribution in [0.25, 0.3) is 0 Å². The maximum absolute atomic E-state index is 13.9. The molecule has 2 amide bonds. The first-order valence-electron chi connectivity index (χ1n) is 8.50. The van der Waals surface area contributed by atoms with Gasteiger partial charge in [-0.1, -0.05) is 32.0 Å². The highest BCUT2D eigenvalue weighted by Crippen LogP contribution is 2.35. The van der Waals surface area contributed by atoms with Crippen molar-refractivity contribution in [2.75, 3.05) is 11.1 Å². The maximum Gasteiger partial charge on any atom is 0.265 e. The number of nitrogens with zero attached hydrogens (tertiary/aromatic N) is 1. The van der Waals surface area contributed by atoms with Crippen molar-refractivity contribution in [3.63, 3.8) is 0 Å². The molecule has 0 radical (unpaired) electrons. The summed E-state index contributed by atoms with van der Waals surface area (Å²) >= 11 is 2.98. The SMILES string of the molecule is CC(C)C[C@H]1SC[C@@H](C(=O)Nc2ccccc2F)N1C(=O)c1cccs1. The Kier molecular flexibility index (Phi) is 5.98. The zero-order valence-electron chi connectivity index (χ0n) is 14.6. The summed E-state index contributed by atoms with van der Waals surface area (Å²) in [5.41, 5.74) is 0.137. The molecule has 7 heteroatoms. The Morgan fingerprint density at radius 3 is 2.69 bits per heavy atom. The summed E-state index contributed by atoms with van der Waals surface area (Å²) in [5, 5.41) is 4.43. The standard InChI is InChI=1S/C19H21FN2O2S2/c1-12(2)10-17-22(19(24)16-8-5-9-25-16)15(11-26-17)18(23)21-14-7-4-3-6-13(14)20/h3-9,12,15,17H,10-11H2,1-2H3,(H,21,23)/t15-,17+/m0/s1. The van der Waals surface area contributed by atoms with E-state index in [1.54, 1.807) is 34.9 Å². The van der Waals surface area contributed by atoms with Gasteiger partial charge in [-0.25, -0.2) is 4.39 Å². The van der Waals surface area contributed by atoms with Crippen LogP contribution < -0.4 is 5.32 Å². The first-order chi connectivity index (χ1) is 12.5. The van der Waals surface area contributed by atoms with E-state index in [0.29, 0.717) is 16.5 Å². The smallest absolute Gasteiger partial charge is 0.265 e. The van der Waals surface area contributed by atoms with Crippen LogP contribution in [0.1, 0.15) is 29.9 Å². The van der Waals surface area contributed by atoms with Crippen molar-refractivity contribution >= 4 is 40.6 Å². The van der Waals surface area contributed by atoms with E-state index in [1.807, 2.05) is 11.4 Å². The van der Waals surface area contributed by atoms with Crippen molar-refractivity contribution < 1.29 is 14.0 Å². The number of carbonyl (C=O) groups is 2. The third kappa shape index (κ3) is 4.10. The summed E-state index contributed by atoms with van der Waals surface area (Å²) in [6.45, 7) is 4.20. The molecule has 0 bridgehead atoms. The van der Waals surface area contributed by atoms with Crippen LogP contribution in [0.4, 0.5) is 10.1 Å². The summed E-state index contributed by atoms with van der Waals surface area (Å²) in [6, 6.07) is 9.04. The zero-order chi connectivity index (χ0) is 18.7. The fourth-order valence-electron chi connectivity index (χ4n) is 2.93. The van der Waals surface area contributed by atoms with Gasteiger partial charge < -0.3 is 10.2 Å². The largest absolute Gasteiger partial charge is 0.322 e. The van der Waals surface area contributed by atoms with Crippen LogP contribution in [0.3, 0.4) is 0 Å². The van der Waals surface area contributed by atoms with Gasteiger partial charge in [-0.2, -0.15) is 0 Å². The van der Waals surface area contributed by atoms with Gasteiger partial charge in [0.05, 0.1) is 15.9 Å². The molecule has 138 valence electrons. The topological polar surface area (TPSA) is 49.4 Å². The molecule has 2 atom stereocenters. The molecular formula is C19H21FN2O2S2. The second-order valence-corrected chi connectivity index (χ2v) is 8.75. The van der Waals surface area contributed by atoms with Gasteiger partial charge in [0, 0.05) is 5.75 Å². The second kappa shape index (κ2) is 8.22. The number of halogens is 1. The van der Waals surface area contributed by atoms with E-state index in [0.717, 1.165) is 6.42 Å². The van der Waals surface area contributed by atoms with Crippen LogP contribution in [0.15, 0.2) is 41.8 Å². The molecule has 0 spiro atoms. The van der Waals surface area contributed by atoms with E-state index in [2.05, 4.69) is 19.2 Å². The Morgan fingerprint density at radius 1 is 1.27 bits per heavy atom. The molecule has 1 aliphatic heterocycles. The highest BCUT2D eigenvalue weighted by molar-refractivity contribution is 8.00. The molecule has 2 aromatic rings. The van der Waals surface area contributed by atoms with E-state index in [-0.39, 0.29) is 22.9 Å². The third-order valence-electron chi connectivity index (χ3n) is 4.17. The Hall–Kier alpha value is -1.86. The van der Waals surface area contributed by atoms with Crippen LogP contribution in [0.2, 0.25) is 0 Å². The predicted octanol–water partition coefficient (Wildman–Crippen LogP) is 4.46. The Bertz CT molecular complexity index is 780. The van der Waals surface area contributed by atoms with Crippen molar-refractivity contribution in [1.29, 1.82) is 0 Å². The van der Waals surface area contributed by atoms with Gasteiger partial charge in [-0.3, -0.25) is 9.59 Å². The first kappa shape index (κ1) is 18.9. The lowest BCUT2D eigenvalue weighted by molar-refractivity contribution is -0.119. The molecular weight excluding hydrogens is 371 g/mol. The van der Waals surface area contributed by atoms with E-state index >= 15 is 0 Å². The van der Waals surface area contributed by atoms with Crippen molar-refractivity contribution in [2.45, 2.75) is 31.7 Å². The lowest BCUT2D eigenvalue weighted by Gasteiger charge is -2.29. The minimum atomic E-state index is -0.613. The molecule has 1 saturated heterocycles. The monoisotopic (exact) mass is 392 g/mol. The number of thiophene rings is 1. The average Bonchev–Trinajstić information content (AvgIpc) is 3.25. The van der Waals surface area contributed by atoms with E-state index < -0.39 is 11.9 Å². The highest BCUT2D eigenvalue weighted by Gasteiger charge is 2.42. The van der Waals surface area contributed by atoms with Gasteiger partial charge in [-0.15, -0.1) is 23.1 Å². The van der Waals surface area contributed by atoms with Gasteiger partial charge >= 0.3 is 0 Å². The molecule has 1 aromatic carbocycles. The van der Waals surface area contributed by atoms with Gasteiger partial charge in [-0.05, 0) is 35.9 Å². The quantitative estimate of drug-likeness (QED) is 0.818. The minimum Gasteiger partial charge on any atom is -0.322 e. The van der Waals surface area contributed by atoms with Crippen LogP contribution in [0, 0.1) is 11.7 Å². The Labute approximate surface area is 160 Å². The minimum absolute atomic E-state index is 0.0547. The molecule has 1 aromatic heterocycles. The number of thioether (sulfide) groups is 1. The van der Waals surface area contributed by atoms with Crippen molar-refractivity contribution in [3.8, 4) is 0 Å². The maximum atomic E-state index is 13.9. The van der Waals surface area contributed by atoms with Crippen molar-refractivity contribution in [3.05, 3.63) is 52.5 Å². The molecule has 1 N–H and O–H groups in total. The number of rotatable bonds is 5. The average molecular weight is 393 g/mol. The van der Waals surface area contributed by atoms with Gasteiger partial charge in [0.25, 0.3) is 5.91 Å². The van der Waals surface area contributed by atoms with Crippen molar-refractivity contribution in [1.82, 2.24) is 4.90 Å². The fraction of sp³-hybridized carbons (Fsp3) is 0.368. The molecule has 1 fully saturated rings. The fourth-order valence-corrected chi connectivity index (χ4v) is 5.24. The number of carbonyl (C=O) groups excluding carboxylic acids is 2. The molecule has 0 aliphatic carbocycles. The zero-order valence-corrected chi connectivity index (χ0v) is 16.3. The third-order valence-corrected chi connectivity index (χ3v) is 6.34. The molecule has 3 rings (SSSR count). The number of amides is 2. The number of hydrogen-bond acceptors (Lipinski definition) is 4. The lowest BCUT2D eigenvalue weighted by atomic mass is 10.1. The number of hydrogen-bond donors (Lipinski definition) is 1. The Balaban J connectivity index is 1.83. The van der Waals surface area contributed by atoms with E-state index in [1.165, 1.54) is 23.5 Å². The van der Waals surface area contributed by atoms with Crippen LogP contribution in [0.5, 0.6) is 0 Å². The van der Waals surface area contributed by atoms with Gasteiger partial charge in [0.1, 0.15) is 11.9 Å². The van der Waals surface area contributed by atoms with Crippen LogP contribution in [-0.2, 0) is 4.79 Å². The van der Waals surface area contributed by atoms with E-state index in [4.69, 9.17) is 0 Å². The predicted molar refractivity (Wildman–Crippen MR) is 105 cm³/mol. The molecule has 26 heavy (non-hydrogen) atoms. The van der Waals surface area contributed by atoms with Crippen LogP contribution >= 0.6 is 23.1 Å². The first-order valence-corrected chi connectivity index (χ1v) is 10.4. The van der Waals surface area contributed by atoms with Crippen LogP contribution in [-0.4, -0.2) is 33.9 Å². The molecule has 0 saturated carbocycles. The van der Waals surface area contributed by atoms with Gasteiger partial charge in [0.15, 0.2) is 0 Å². The summed E-state index contributed by atoms with van der Waals surface area (Å²) in [5.74, 6) is -0.0570. The lowest BCUT2D eigenvalue weighted by Crippen LogP contribution is -2.47. The molecule has 1 aliphatic rings. The second-order valence-electron chi connectivity index (χ2n) is 6.59. The summed E-state index contributed by atoms with van der Waals surface area (Å²) in [4.78, 5) is 28.1. The molecule has 4 nitrogen and oxygen atoms in total. The normalized spacial score (nSPS) is 19.8. The number of benzene rings is 1. The van der Waals surface area contributed by atoms with E-state index in [9.17, 15) is 14.0 Å². The number of para-hydroxylation sites is 1. The van der Waals surface area contributed by atoms with Gasteiger partial charge in [0.2, 0.25) is 5.91 Å². The summed E-state index contributed by atoms with van der Waals surface area (Å²) in [6.07, 6.45) is 0.811. The summed E-state index contributed by atoms with van der Waals surface area (Å²) < 4.78 is 13.9. The number of nitrogens with one attached hydrogen (secondary N) is 1. The van der Waals surface area contributed by atoms with Crippen molar-refractivity contribution in [2.24, 2.45) is 5.92 Å². The molecule has 2 heterocycles. The Morgan fingerprint density at radius 2 is 2.04 bits per heavy atom.